The predicted octanol–water partition coefficient (Wildman–Crippen LogP) is 2.86. The third-order valence-electron chi connectivity index (χ3n) is 4.08. The number of aliphatic hydroxyl groups is 1. The summed E-state index contributed by atoms with van der Waals surface area (Å²) < 4.78 is 0. The number of rotatable bonds is 4. The third kappa shape index (κ3) is 2.67. The van der Waals surface area contributed by atoms with Crippen LogP contribution in [0.15, 0.2) is 30.5 Å². The number of pyridine rings is 1. The number of benzene rings is 1. The number of para-hydroxylation sites is 1. The molecule has 110 valence electrons. The van der Waals surface area contributed by atoms with Gasteiger partial charge >= 0.3 is 5.69 Å². The van der Waals surface area contributed by atoms with Gasteiger partial charge in [0, 0.05) is 11.9 Å². The number of hydrogen-bond donors (Lipinski definition) is 2. The number of hydrogen-bond acceptors (Lipinski definition) is 5. The maximum absolute atomic E-state index is 11.2. The molecule has 1 heterocycles. The van der Waals surface area contributed by atoms with Crippen LogP contribution in [-0.4, -0.2) is 27.2 Å². The minimum Gasteiger partial charge on any atom is -0.388 e. The largest absolute Gasteiger partial charge is 0.388 e. The zero-order valence-corrected chi connectivity index (χ0v) is 11.6. The first-order chi connectivity index (χ1) is 10.1. The van der Waals surface area contributed by atoms with Crippen LogP contribution in [-0.2, 0) is 0 Å². The van der Waals surface area contributed by atoms with E-state index >= 15 is 0 Å². The minimum absolute atomic E-state index is 0.0599. The summed E-state index contributed by atoms with van der Waals surface area (Å²) in [7, 11) is 0. The molecule has 0 spiro atoms. The highest BCUT2D eigenvalue weighted by Crippen LogP contribution is 2.34. The second-order valence-corrected chi connectivity index (χ2v) is 5.58. The first-order valence-electron chi connectivity index (χ1n) is 7.07. The number of nitrogens with one attached hydrogen (secondary N) is 1. The Labute approximate surface area is 122 Å². The van der Waals surface area contributed by atoms with Crippen LogP contribution in [0.3, 0.4) is 0 Å². The lowest BCUT2D eigenvalue weighted by atomic mass is 10.0. The molecule has 2 N–H and O–H groups in total. The summed E-state index contributed by atoms with van der Waals surface area (Å²) >= 11 is 0. The molecule has 0 saturated heterocycles. The summed E-state index contributed by atoms with van der Waals surface area (Å²) in [6, 6.07) is 7.28. The molecule has 1 fully saturated rings. The van der Waals surface area contributed by atoms with E-state index in [1.54, 1.807) is 6.07 Å². The van der Waals surface area contributed by atoms with Crippen molar-refractivity contribution in [2.75, 3.05) is 11.9 Å². The van der Waals surface area contributed by atoms with Crippen molar-refractivity contribution in [1.82, 2.24) is 4.98 Å². The van der Waals surface area contributed by atoms with Gasteiger partial charge in [-0.25, -0.2) is 4.98 Å². The van der Waals surface area contributed by atoms with Crippen molar-refractivity contribution in [3.8, 4) is 0 Å². The predicted molar refractivity (Wildman–Crippen MR) is 80.3 cm³/mol. The van der Waals surface area contributed by atoms with E-state index in [9.17, 15) is 15.2 Å². The van der Waals surface area contributed by atoms with Crippen molar-refractivity contribution in [2.45, 2.75) is 31.3 Å². The highest BCUT2D eigenvalue weighted by Gasteiger charge is 2.31. The summed E-state index contributed by atoms with van der Waals surface area (Å²) in [6.45, 7) is 0.321. The Morgan fingerprint density at radius 1 is 1.33 bits per heavy atom. The maximum Gasteiger partial charge on any atom is 0.311 e. The molecule has 0 bridgehead atoms. The molecule has 6 heteroatoms. The quantitative estimate of drug-likeness (QED) is 0.666. The van der Waals surface area contributed by atoms with Crippen LogP contribution in [0.25, 0.3) is 10.9 Å². The van der Waals surface area contributed by atoms with E-state index in [0.717, 1.165) is 25.7 Å². The number of anilines is 1. The van der Waals surface area contributed by atoms with Crippen LogP contribution >= 0.6 is 0 Å². The van der Waals surface area contributed by atoms with Gasteiger partial charge in [-0.15, -0.1) is 0 Å². The summed E-state index contributed by atoms with van der Waals surface area (Å²) in [5.74, 6) is 0. The normalized spacial score (nSPS) is 17.0. The average Bonchev–Trinajstić information content (AvgIpc) is 2.91. The molecule has 0 radical (unpaired) electrons. The van der Waals surface area contributed by atoms with Gasteiger partial charge in [-0.2, -0.15) is 0 Å². The molecule has 1 aromatic carbocycles. The third-order valence-corrected chi connectivity index (χ3v) is 4.08. The maximum atomic E-state index is 11.2. The van der Waals surface area contributed by atoms with Gasteiger partial charge in [-0.1, -0.05) is 31.0 Å². The van der Waals surface area contributed by atoms with E-state index in [1.807, 2.05) is 18.2 Å². The fourth-order valence-electron chi connectivity index (χ4n) is 2.92. The van der Waals surface area contributed by atoms with E-state index < -0.39 is 10.5 Å². The van der Waals surface area contributed by atoms with Gasteiger partial charge in [0.2, 0.25) is 0 Å². The number of aromatic nitrogens is 1. The lowest BCUT2D eigenvalue weighted by molar-refractivity contribution is -0.384. The SMILES string of the molecule is O=[N+]([O-])c1cnc2ccccc2c1NCC1(O)CCCC1. The molecule has 1 saturated carbocycles. The number of nitrogens with zero attached hydrogens (tertiary/aromatic N) is 2. The van der Waals surface area contributed by atoms with Gasteiger partial charge in [0.25, 0.3) is 0 Å². The summed E-state index contributed by atoms with van der Waals surface area (Å²) in [5.41, 5.74) is 0.309. The molecule has 1 aromatic heterocycles. The van der Waals surface area contributed by atoms with Gasteiger partial charge in [0.15, 0.2) is 0 Å². The molecule has 21 heavy (non-hydrogen) atoms. The molecule has 1 aliphatic carbocycles. The van der Waals surface area contributed by atoms with Crippen molar-refractivity contribution in [3.05, 3.63) is 40.6 Å². The van der Waals surface area contributed by atoms with Gasteiger partial charge in [-0.05, 0) is 18.9 Å². The smallest absolute Gasteiger partial charge is 0.311 e. The van der Waals surface area contributed by atoms with Crippen LogP contribution in [0, 0.1) is 10.1 Å². The Morgan fingerprint density at radius 2 is 2.05 bits per heavy atom. The van der Waals surface area contributed by atoms with Crippen LogP contribution in [0.1, 0.15) is 25.7 Å². The van der Waals surface area contributed by atoms with Crippen molar-refractivity contribution < 1.29 is 10.0 Å². The van der Waals surface area contributed by atoms with Crippen molar-refractivity contribution in [1.29, 1.82) is 0 Å². The molecular formula is C15H17N3O3. The Kier molecular flexibility index (Phi) is 3.47. The second-order valence-electron chi connectivity index (χ2n) is 5.58. The fourth-order valence-corrected chi connectivity index (χ4v) is 2.92. The average molecular weight is 287 g/mol. The van der Waals surface area contributed by atoms with Crippen molar-refractivity contribution >= 4 is 22.3 Å². The van der Waals surface area contributed by atoms with Crippen molar-refractivity contribution in [2.24, 2.45) is 0 Å². The molecule has 0 atom stereocenters. The lowest BCUT2D eigenvalue weighted by Gasteiger charge is -2.23. The van der Waals surface area contributed by atoms with E-state index in [-0.39, 0.29) is 5.69 Å². The van der Waals surface area contributed by atoms with E-state index in [1.165, 1.54) is 6.20 Å². The topological polar surface area (TPSA) is 88.3 Å². The molecule has 0 aliphatic heterocycles. The van der Waals surface area contributed by atoms with Gasteiger partial charge in [0.05, 0.1) is 16.0 Å². The zero-order valence-electron chi connectivity index (χ0n) is 11.6. The fraction of sp³-hybridized carbons (Fsp3) is 0.400. The Bertz CT molecular complexity index is 681. The number of nitro groups is 1. The van der Waals surface area contributed by atoms with Gasteiger partial charge in [0.1, 0.15) is 11.9 Å². The van der Waals surface area contributed by atoms with Crippen LogP contribution in [0.5, 0.6) is 0 Å². The van der Waals surface area contributed by atoms with Gasteiger partial charge < -0.3 is 10.4 Å². The summed E-state index contributed by atoms with van der Waals surface area (Å²) in [6.07, 6.45) is 4.73. The summed E-state index contributed by atoms with van der Waals surface area (Å²) in [5, 5.41) is 25.4. The molecule has 3 rings (SSSR count). The van der Waals surface area contributed by atoms with Crippen molar-refractivity contribution in [3.63, 3.8) is 0 Å². The highest BCUT2D eigenvalue weighted by molar-refractivity contribution is 5.95. The molecule has 1 aliphatic rings. The van der Waals surface area contributed by atoms with E-state index in [4.69, 9.17) is 0 Å². The Balaban J connectivity index is 1.98. The van der Waals surface area contributed by atoms with E-state index in [0.29, 0.717) is 23.1 Å². The zero-order chi connectivity index (χ0) is 14.9. The molecule has 6 nitrogen and oxygen atoms in total. The standard InChI is InChI=1S/C15H17N3O3/c19-15(7-3-4-8-15)10-17-14-11-5-1-2-6-12(11)16-9-13(14)18(20)21/h1-2,5-6,9,19H,3-4,7-8,10H2,(H,16,17). The Morgan fingerprint density at radius 3 is 2.76 bits per heavy atom. The first kappa shape index (κ1) is 13.8. The van der Waals surface area contributed by atoms with Gasteiger partial charge in [-0.3, -0.25) is 10.1 Å². The van der Waals surface area contributed by atoms with Crippen LogP contribution < -0.4 is 5.32 Å². The number of fused-ring (bicyclic) bond motifs is 1. The highest BCUT2D eigenvalue weighted by atomic mass is 16.6. The van der Waals surface area contributed by atoms with Crippen LogP contribution in [0.4, 0.5) is 11.4 Å². The second kappa shape index (κ2) is 5.29. The Hall–Kier alpha value is -2.21. The molecular weight excluding hydrogens is 270 g/mol. The first-order valence-corrected chi connectivity index (χ1v) is 7.07. The summed E-state index contributed by atoms with van der Waals surface area (Å²) in [4.78, 5) is 14.9. The monoisotopic (exact) mass is 287 g/mol. The molecule has 0 unspecified atom stereocenters. The lowest BCUT2D eigenvalue weighted by Crippen LogP contribution is -2.33. The van der Waals surface area contributed by atoms with Crippen LogP contribution in [0.2, 0.25) is 0 Å². The minimum atomic E-state index is -0.766. The van der Waals surface area contributed by atoms with E-state index in [2.05, 4.69) is 10.3 Å². The molecule has 2 aromatic rings. The molecule has 0 amide bonds.